The van der Waals surface area contributed by atoms with Gasteiger partial charge >= 0.3 is 5.97 Å². The van der Waals surface area contributed by atoms with Gasteiger partial charge in [0.2, 0.25) is 0 Å². The van der Waals surface area contributed by atoms with E-state index >= 15 is 0 Å². The van der Waals surface area contributed by atoms with E-state index in [0.29, 0.717) is 5.56 Å². The van der Waals surface area contributed by atoms with E-state index in [1.165, 1.54) is 11.1 Å². The third kappa shape index (κ3) is 2.39. The van der Waals surface area contributed by atoms with Crippen LogP contribution in [0.3, 0.4) is 0 Å². The van der Waals surface area contributed by atoms with Crippen LogP contribution in [0, 0.1) is 6.92 Å². The minimum Gasteiger partial charge on any atom is -0.478 e. The number of aromatic nitrogens is 1. The highest BCUT2D eigenvalue weighted by atomic mass is 16.4. The molecule has 0 aliphatic heterocycles. The summed E-state index contributed by atoms with van der Waals surface area (Å²) in [6.07, 6.45) is 3.07. The van der Waals surface area contributed by atoms with Crippen molar-refractivity contribution in [3.8, 4) is 0 Å². The molecule has 0 bridgehead atoms. The summed E-state index contributed by atoms with van der Waals surface area (Å²) in [4.78, 5) is 11.3. The quantitative estimate of drug-likeness (QED) is 0.761. The van der Waals surface area contributed by atoms with Gasteiger partial charge in [0.1, 0.15) is 0 Å². The number of rotatable bonds is 4. The molecule has 3 heteroatoms. The van der Waals surface area contributed by atoms with E-state index < -0.39 is 5.97 Å². The lowest BCUT2D eigenvalue weighted by Crippen LogP contribution is -2.08. The zero-order valence-electron chi connectivity index (χ0n) is 12.8. The van der Waals surface area contributed by atoms with Gasteiger partial charge in [-0.15, -0.1) is 0 Å². The minimum atomic E-state index is -0.889. The van der Waals surface area contributed by atoms with Crippen molar-refractivity contribution in [1.82, 2.24) is 4.57 Å². The van der Waals surface area contributed by atoms with Crippen LogP contribution >= 0.6 is 0 Å². The monoisotopic (exact) mass is 293 g/mol. The Morgan fingerprint density at radius 1 is 1.18 bits per heavy atom. The number of fused-ring (bicyclic) bond motifs is 1. The molecule has 112 valence electrons. The highest BCUT2D eigenvalue weighted by Crippen LogP contribution is 2.30. The topological polar surface area (TPSA) is 42.2 Å². The highest BCUT2D eigenvalue weighted by molar-refractivity contribution is 5.94. The highest BCUT2D eigenvalue weighted by Gasteiger charge is 2.16. The molecule has 1 N–H and O–H groups in total. The Kier molecular flexibility index (Phi) is 3.72. The average molecular weight is 293 g/mol. The van der Waals surface area contributed by atoms with Gasteiger partial charge in [-0.05, 0) is 36.6 Å². The van der Waals surface area contributed by atoms with E-state index in [1.807, 2.05) is 24.3 Å². The van der Waals surface area contributed by atoms with E-state index in [0.717, 1.165) is 17.3 Å². The molecule has 2 aromatic carbocycles. The Morgan fingerprint density at radius 2 is 1.91 bits per heavy atom. The molecular weight excluding hydrogens is 274 g/mol. The lowest BCUT2D eigenvalue weighted by atomic mass is 10.0. The van der Waals surface area contributed by atoms with Gasteiger partial charge in [0.15, 0.2) is 0 Å². The SMILES string of the molecule is CCC(c1ccccc1)n1cc(C)c2ccc(C(=O)O)cc21. The van der Waals surface area contributed by atoms with Gasteiger partial charge in [-0.2, -0.15) is 0 Å². The predicted octanol–water partition coefficient (Wildman–Crippen LogP) is 4.65. The maximum Gasteiger partial charge on any atom is 0.335 e. The lowest BCUT2D eigenvalue weighted by molar-refractivity contribution is 0.0697. The maximum absolute atomic E-state index is 11.3. The van der Waals surface area contributed by atoms with Crippen molar-refractivity contribution in [1.29, 1.82) is 0 Å². The predicted molar refractivity (Wildman–Crippen MR) is 88.5 cm³/mol. The van der Waals surface area contributed by atoms with Crippen molar-refractivity contribution >= 4 is 16.9 Å². The number of nitrogens with zero attached hydrogens (tertiary/aromatic N) is 1. The lowest BCUT2D eigenvalue weighted by Gasteiger charge is -2.19. The summed E-state index contributed by atoms with van der Waals surface area (Å²) in [5.74, 6) is -0.889. The molecule has 3 rings (SSSR count). The molecule has 0 spiro atoms. The molecule has 3 nitrogen and oxygen atoms in total. The number of aromatic carboxylic acids is 1. The molecular formula is C19H19NO2. The summed E-state index contributed by atoms with van der Waals surface area (Å²) in [6, 6.07) is 15.9. The molecule has 1 heterocycles. The summed E-state index contributed by atoms with van der Waals surface area (Å²) < 4.78 is 2.20. The van der Waals surface area contributed by atoms with E-state index in [2.05, 4.69) is 36.7 Å². The van der Waals surface area contributed by atoms with Crippen LogP contribution in [-0.4, -0.2) is 15.6 Å². The first kappa shape index (κ1) is 14.4. The summed E-state index contributed by atoms with van der Waals surface area (Å²) >= 11 is 0. The van der Waals surface area contributed by atoms with Crippen molar-refractivity contribution in [2.75, 3.05) is 0 Å². The van der Waals surface area contributed by atoms with Crippen LogP contribution in [-0.2, 0) is 0 Å². The first-order valence-electron chi connectivity index (χ1n) is 7.51. The minimum absolute atomic E-state index is 0.210. The standard InChI is InChI=1S/C19H19NO2/c1-3-17(14-7-5-4-6-8-14)20-12-13(2)16-10-9-15(19(21)22)11-18(16)20/h4-12,17H,3H2,1-2H3,(H,21,22). The van der Waals surface area contributed by atoms with Crippen LogP contribution < -0.4 is 0 Å². The molecule has 0 saturated carbocycles. The Labute approximate surface area is 129 Å². The summed E-state index contributed by atoms with van der Waals surface area (Å²) in [7, 11) is 0. The Morgan fingerprint density at radius 3 is 2.55 bits per heavy atom. The number of carboxylic acids is 1. The fraction of sp³-hybridized carbons (Fsp3) is 0.211. The number of benzene rings is 2. The Hall–Kier alpha value is -2.55. The molecule has 1 unspecified atom stereocenters. The van der Waals surface area contributed by atoms with Gasteiger partial charge in [0.05, 0.1) is 11.6 Å². The largest absolute Gasteiger partial charge is 0.478 e. The van der Waals surface area contributed by atoms with Crippen molar-refractivity contribution in [2.24, 2.45) is 0 Å². The second-order valence-electron chi connectivity index (χ2n) is 5.59. The van der Waals surface area contributed by atoms with Gasteiger partial charge in [-0.3, -0.25) is 0 Å². The summed E-state index contributed by atoms with van der Waals surface area (Å²) in [5.41, 5.74) is 3.71. The molecule has 0 radical (unpaired) electrons. The van der Waals surface area contributed by atoms with Crippen LogP contribution in [0.1, 0.15) is 40.9 Å². The van der Waals surface area contributed by atoms with Crippen molar-refractivity contribution in [3.63, 3.8) is 0 Å². The third-order valence-electron chi connectivity index (χ3n) is 4.19. The zero-order chi connectivity index (χ0) is 15.7. The molecule has 22 heavy (non-hydrogen) atoms. The third-order valence-corrected chi connectivity index (χ3v) is 4.19. The van der Waals surface area contributed by atoms with Gasteiger partial charge in [-0.1, -0.05) is 43.3 Å². The number of carboxylic acid groups (broad SMARTS) is 1. The number of hydrogen-bond acceptors (Lipinski definition) is 1. The second kappa shape index (κ2) is 5.68. The number of aryl methyl sites for hydroxylation is 1. The number of hydrogen-bond donors (Lipinski definition) is 1. The molecule has 1 atom stereocenters. The van der Waals surface area contributed by atoms with Crippen LogP contribution in [0.15, 0.2) is 54.7 Å². The summed E-state index contributed by atoms with van der Waals surface area (Å²) in [6.45, 7) is 4.22. The van der Waals surface area contributed by atoms with Crippen molar-refractivity contribution in [3.05, 3.63) is 71.4 Å². The smallest absolute Gasteiger partial charge is 0.335 e. The Balaban J connectivity index is 2.20. The van der Waals surface area contributed by atoms with Crippen LogP contribution in [0.2, 0.25) is 0 Å². The van der Waals surface area contributed by atoms with E-state index in [9.17, 15) is 9.90 Å². The van der Waals surface area contributed by atoms with Crippen molar-refractivity contribution in [2.45, 2.75) is 26.3 Å². The van der Waals surface area contributed by atoms with Gasteiger partial charge < -0.3 is 9.67 Å². The fourth-order valence-electron chi connectivity index (χ4n) is 3.09. The van der Waals surface area contributed by atoms with Gasteiger partial charge in [-0.25, -0.2) is 4.79 Å². The zero-order valence-corrected chi connectivity index (χ0v) is 12.8. The van der Waals surface area contributed by atoms with Gasteiger partial charge in [0, 0.05) is 17.1 Å². The molecule has 0 aliphatic rings. The second-order valence-corrected chi connectivity index (χ2v) is 5.59. The molecule has 0 saturated heterocycles. The number of carbonyl (C=O) groups is 1. The first-order chi connectivity index (χ1) is 10.6. The van der Waals surface area contributed by atoms with E-state index in [-0.39, 0.29) is 6.04 Å². The Bertz CT molecular complexity index is 818. The fourth-order valence-corrected chi connectivity index (χ4v) is 3.09. The van der Waals surface area contributed by atoms with Crippen molar-refractivity contribution < 1.29 is 9.90 Å². The van der Waals surface area contributed by atoms with E-state index in [4.69, 9.17) is 0 Å². The van der Waals surface area contributed by atoms with Crippen LogP contribution in [0.5, 0.6) is 0 Å². The van der Waals surface area contributed by atoms with Crippen LogP contribution in [0.25, 0.3) is 10.9 Å². The average Bonchev–Trinajstić information content (AvgIpc) is 2.86. The molecule has 1 aromatic heterocycles. The molecule has 0 amide bonds. The van der Waals surface area contributed by atoms with Crippen LogP contribution in [0.4, 0.5) is 0 Å². The summed E-state index contributed by atoms with van der Waals surface area (Å²) in [5, 5.41) is 10.4. The van der Waals surface area contributed by atoms with Gasteiger partial charge in [0.25, 0.3) is 0 Å². The van der Waals surface area contributed by atoms with E-state index in [1.54, 1.807) is 12.1 Å². The molecule has 3 aromatic rings. The normalized spacial score (nSPS) is 12.5. The maximum atomic E-state index is 11.3. The molecule has 0 fully saturated rings. The first-order valence-corrected chi connectivity index (χ1v) is 7.51. The molecule has 0 aliphatic carbocycles.